The molecule has 1 heterocycles. The minimum absolute atomic E-state index is 0. The highest BCUT2D eigenvalue weighted by atomic mass is 35.5. The number of piperidine rings is 1. The van der Waals surface area contributed by atoms with Crippen LogP contribution in [0.2, 0.25) is 0 Å². The molecule has 1 aliphatic rings. The number of nitrogens with two attached hydrogens (primary N) is 1. The van der Waals surface area contributed by atoms with Crippen LogP contribution in [0.25, 0.3) is 0 Å². The molecule has 6 nitrogen and oxygen atoms in total. The lowest BCUT2D eigenvalue weighted by molar-refractivity contribution is -0.129. The summed E-state index contributed by atoms with van der Waals surface area (Å²) in [5.41, 5.74) is 8.41. The first-order chi connectivity index (χ1) is 14.0. The number of hydrogen-bond donors (Lipinski definition) is 2. The first-order valence-electron chi connectivity index (χ1n) is 9.98. The molecule has 2 aromatic rings. The standard InChI is InChI=1S/C23H29N3O3.ClH/c1-15-8-10-17(11-9-15)26-21(27)13-12-19(23(28)25-16(2)14-24)22(26)18-6-4-5-7-20(18)29-3;/h4-11,16,19,22H,12-14,24H2,1-3H3,(H,25,28);1H/t16-,19?,22?;/m0./s1. The van der Waals surface area contributed by atoms with Crippen LogP contribution in [0.1, 0.15) is 36.9 Å². The van der Waals surface area contributed by atoms with Gasteiger partial charge in [-0.15, -0.1) is 12.4 Å². The molecule has 1 saturated heterocycles. The summed E-state index contributed by atoms with van der Waals surface area (Å²) in [4.78, 5) is 27.9. The molecule has 2 amide bonds. The van der Waals surface area contributed by atoms with Crippen LogP contribution in [0.4, 0.5) is 5.69 Å². The number of halogens is 1. The average Bonchev–Trinajstić information content (AvgIpc) is 2.74. The van der Waals surface area contributed by atoms with Crippen LogP contribution in [0.5, 0.6) is 5.75 Å². The minimum atomic E-state index is -0.458. The fourth-order valence-electron chi connectivity index (χ4n) is 3.85. The molecule has 2 aromatic carbocycles. The van der Waals surface area contributed by atoms with E-state index in [9.17, 15) is 9.59 Å². The molecule has 30 heavy (non-hydrogen) atoms. The molecule has 3 N–H and O–H groups in total. The fraction of sp³-hybridized carbons (Fsp3) is 0.391. The van der Waals surface area contributed by atoms with E-state index in [4.69, 9.17) is 10.5 Å². The number of hydrogen-bond acceptors (Lipinski definition) is 4. The normalized spacial score (nSPS) is 19.6. The summed E-state index contributed by atoms with van der Waals surface area (Å²) >= 11 is 0. The van der Waals surface area contributed by atoms with Crippen molar-refractivity contribution >= 4 is 29.9 Å². The zero-order valence-electron chi connectivity index (χ0n) is 17.6. The van der Waals surface area contributed by atoms with Crippen molar-refractivity contribution in [1.29, 1.82) is 0 Å². The molecule has 1 fully saturated rings. The van der Waals surface area contributed by atoms with E-state index >= 15 is 0 Å². The topological polar surface area (TPSA) is 84.7 Å². The van der Waals surface area contributed by atoms with Crippen LogP contribution in [-0.2, 0) is 9.59 Å². The molecule has 0 aliphatic carbocycles. The molecule has 0 saturated carbocycles. The number of para-hydroxylation sites is 1. The van der Waals surface area contributed by atoms with Crippen LogP contribution in [0.3, 0.4) is 0 Å². The fourth-order valence-corrected chi connectivity index (χ4v) is 3.85. The van der Waals surface area contributed by atoms with E-state index in [0.29, 0.717) is 25.1 Å². The molecule has 2 unspecified atom stereocenters. The van der Waals surface area contributed by atoms with E-state index in [1.807, 2.05) is 62.4 Å². The number of amides is 2. The van der Waals surface area contributed by atoms with Gasteiger partial charge < -0.3 is 20.7 Å². The summed E-state index contributed by atoms with van der Waals surface area (Å²) in [5, 5.41) is 2.99. The summed E-state index contributed by atoms with van der Waals surface area (Å²) in [6.45, 7) is 4.24. The monoisotopic (exact) mass is 431 g/mol. The van der Waals surface area contributed by atoms with Crippen molar-refractivity contribution in [2.24, 2.45) is 11.7 Å². The number of benzene rings is 2. The Bertz CT molecular complexity index is 872. The van der Waals surface area contributed by atoms with E-state index in [1.54, 1.807) is 12.0 Å². The lowest BCUT2D eigenvalue weighted by Gasteiger charge is -2.41. The van der Waals surface area contributed by atoms with Gasteiger partial charge in [0, 0.05) is 30.3 Å². The average molecular weight is 432 g/mol. The number of carbonyl (C=O) groups is 2. The summed E-state index contributed by atoms with van der Waals surface area (Å²) in [5.74, 6) is 0.164. The number of carbonyl (C=O) groups excluding carboxylic acids is 2. The second-order valence-electron chi connectivity index (χ2n) is 7.58. The first kappa shape index (κ1) is 23.7. The van der Waals surface area contributed by atoms with Gasteiger partial charge in [-0.05, 0) is 38.5 Å². The van der Waals surface area contributed by atoms with Crippen molar-refractivity contribution in [1.82, 2.24) is 5.32 Å². The number of rotatable bonds is 6. The molecule has 0 spiro atoms. The van der Waals surface area contributed by atoms with Crippen LogP contribution in [0, 0.1) is 12.8 Å². The zero-order chi connectivity index (χ0) is 21.0. The molecule has 162 valence electrons. The Balaban J connectivity index is 0.00000320. The quantitative estimate of drug-likeness (QED) is 0.734. The molecule has 0 aromatic heterocycles. The third-order valence-electron chi connectivity index (χ3n) is 5.45. The Morgan fingerprint density at radius 1 is 1.23 bits per heavy atom. The highest BCUT2D eigenvalue weighted by Gasteiger charge is 2.42. The Morgan fingerprint density at radius 3 is 2.53 bits per heavy atom. The summed E-state index contributed by atoms with van der Waals surface area (Å²) in [7, 11) is 1.60. The largest absolute Gasteiger partial charge is 0.496 e. The van der Waals surface area contributed by atoms with Gasteiger partial charge in [0.2, 0.25) is 11.8 Å². The molecule has 3 atom stereocenters. The van der Waals surface area contributed by atoms with E-state index in [1.165, 1.54) is 0 Å². The predicted octanol–water partition coefficient (Wildman–Crippen LogP) is 3.37. The van der Waals surface area contributed by atoms with Gasteiger partial charge in [0.25, 0.3) is 0 Å². The van der Waals surface area contributed by atoms with Gasteiger partial charge in [-0.25, -0.2) is 0 Å². The maximum absolute atomic E-state index is 13.1. The van der Waals surface area contributed by atoms with Gasteiger partial charge in [0.1, 0.15) is 5.75 Å². The number of anilines is 1. The number of nitrogens with one attached hydrogen (secondary N) is 1. The Hall–Kier alpha value is -2.57. The van der Waals surface area contributed by atoms with Gasteiger partial charge in [-0.2, -0.15) is 0 Å². The lowest BCUT2D eigenvalue weighted by atomic mass is 9.82. The highest BCUT2D eigenvalue weighted by molar-refractivity contribution is 5.97. The smallest absolute Gasteiger partial charge is 0.227 e. The molecule has 0 bridgehead atoms. The Morgan fingerprint density at radius 2 is 1.90 bits per heavy atom. The van der Waals surface area contributed by atoms with Gasteiger partial charge in [-0.1, -0.05) is 35.9 Å². The SMILES string of the molecule is COc1ccccc1C1C(C(=O)N[C@@H](C)CN)CCC(=O)N1c1ccc(C)cc1.Cl. The van der Waals surface area contributed by atoms with Crippen molar-refractivity contribution in [3.8, 4) is 5.75 Å². The van der Waals surface area contributed by atoms with Crippen molar-refractivity contribution in [3.63, 3.8) is 0 Å². The maximum Gasteiger partial charge on any atom is 0.227 e. The van der Waals surface area contributed by atoms with Crippen LogP contribution < -0.4 is 20.7 Å². The molecular weight excluding hydrogens is 402 g/mol. The maximum atomic E-state index is 13.1. The third kappa shape index (κ3) is 4.94. The number of methoxy groups -OCH3 is 1. The number of aryl methyl sites for hydroxylation is 1. The summed E-state index contributed by atoms with van der Waals surface area (Å²) < 4.78 is 5.58. The molecule has 1 aliphatic heterocycles. The molecule has 7 heteroatoms. The van der Waals surface area contributed by atoms with Crippen molar-refractivity contribution < 1.29 is 14.3 Å². The van der Waals surface area contributed by atoms with E-state index in [-0.39, 0.29) is 30.3 Å². The van der Waals surface area contributed by atoms with E-state index in [0.717, 1.165) is 16.8 Å². The van der Waals surface area contributed by atoms with Crippen LogP contribution >= 0.6 is 12.4 Å². The lowest BCUT2D eigenvalue weighted by Crippen LogP contribution is -2.50. The number of nitrogens with zero attached hydrogens (tertiary/aromatic N) is 1. The third-order valence-corrected chi connectivity index (χ3v) is 5.45. The van der Waals surface area contributed by atoms with Crippen LogP contribution in [-0.4, -0.2) is 31.5 Å². The highest BCUT2D eigenvalue weighted by Crippen LogP contribution is 2.43. The van der Waals surface area contributed by atoms with Crippen molar-refractivity contribution in [2.45, 2.75) is 38.8 Å². The van der Waals surface area contributed by atoms with Gasteiger partial charge in [-0.3, -0.25) is 9.59 Å². The first-order valence-corrected chi connectivity index (χ1v) is 9.98. The van der Waals surface area contributed by atoms with Gasteiger partial charge in [0.15, 0.2) is 0 Å². The van der Waals surface area contributed by atoms with Gasteiger partial charge in [0.05, 0.1) is 19.1 Å². The Kier molecular flexibility index (Phi) is 8.26. The molecular formula is C23H30ClN3O3. The van der Waals surface area contributed by atoms with Crippen molar-refractivity contribution in [2.75, 3.05) is 18.6 Å². The predicted molar refractivity (Wildman–Crippen MR) is 121 cm³/mol. The second-order valence-corrected chi connectivity index (χ2v) is 7.58. The second kappa shape index (κ2) is 10.5. The zero-order valence-corrected chi connectivity index (χ0v) is 18.4. The Labute approximate surface area is 184 Å². The summed E-state index contributed by atoms with van der Waals surface area (Å²) in [6, 6.07) is 14.8. The molecule has 0 radical (unpaired) electrons. The molecule has 3 rings (SSSR count). The summed E-state index contributed by atoms with van der Waals surface area (Å²) in [6.07, 6.45) is 0.793. The van der Waals surface area contributed by atoms with Gasteiger partial charge >= 0.3 is 0 Å². The number of ether oxygens (including phenoxy) is 1. The minimum Gasteiger partial charge on any atom is -0.496 e. The van der Waals surface area contributed by atoms with Crippen LogP contribution in [0.15, 0.2) is 48.5 Å². The van der Waals surface area contributed by atoms with E-state index < -0.39 is 12.0 Å². The van der Waals surface area contributed by atoms with Crippen molar-refractivity contribution in [3.05, 3.63) is 59.7 Å². The van der Waals surface area contributed by atoms with E-state index in [2.05, 4.69) is 5.32 Å².